The summed E-state index contributed by atoms with van der Waals surface area (Å²) in [5, 5.41) is 32.8. The highest BCUT2D eigenvalue weighted by molar-refractivity contribution is 7.17. The molecule has 0 radical (unpaired) electrons. The van der Waals surface area contributed by atoms with Gasteiger partial charge in [0, 0.05) is 21.9 Å². The predicted octanol–water partition coefficient (Wildman–Crippen LogP) is 3.53. The maximum absolute atomic E-state index is 12.1. The lowest BCUT2D eigenvalue weighted by Gasteiger charge is -2.09. The number of aromatic hydroxyl groups is 3. The van der Waals surface area contributed by atoms with Gasteiger partial charge in [-0.15, -0.1) is 11.3 Å². The van der Waals surface area contributed by atoms with Gasteiger partial charge in [-0.25, -0.2) is 0 Å². The van der Waals surface area contributed by atoms with Crippen molar-refractivity contribution in [3.05, 3.63) is 52.1 Å². The summed E-state index contributed by atoms with van der Waals surface area (Å²) in [7, 11) is 0. The van der Waals surface area contributed by atoms with E-state index in [0.717, 1.165) is 10.8 Å². The van der Waals surface area contributed by atoms with Gasteiger partial charge in [-0.3, -0.25) is 4.79 Å². The van der Waals surface area contributed by atoms with Gasteiger partial charge >= 0.3 is 0 Å². The highest BCUT2D eigenvalue weighted by Crippen LogP contribution is 2.38. The van der Waals surface area contributed by atoms with Crippen molar-refractivity contribution in [1.82, 2.24) is 4.98 Å². The predicted molar refractivity (Wildman–Crippen MR) is 90.4 cm³/mol. The summed E-state index contributed by atoms with van der Waals surface area (Å²) < 4.78 is 0.618. The Kier molecular flexibility index (Phi) is 2.82. The number of H-pyrrole nitrogens is 1. The molecular formula is C17H11NO4S. The number of phenols is 3. The molecule has 0 fully saturated rings. The largest absolute Gasteiger partial charge is 0.507 e. The third kappa shape index (κ3) is 2.03. The standard InChI is InChI=1S/C17H11NO4S/c19-13-2-1-8(5-15(13)21)10-6-12-11(7-14(10)20)9-3-4-23-16(9)17(22)18-12/h1-7,19-21H,(H,18,22). The Hall–Kier alpha value is -2.99. The molecular weight excluding hydrogens is 314 g/mol. The van der Waals surface area contributed by atoms with Crippen LogP contribution in [-0.2, 0) is 0 Å². The first kappa shape index (κ1) is 13.7. The molecule has 5 nitrogen and oxygen atoms in total. The molecule has 4 aromatic rings. The van der Waals surface area contributed by atoms with Gasteiger partial charge in [-0.2, -0.15) is 0 Å². The maximum atomic E-state index is 12.1. The first-order valence-electron chi connectivity index (χ1n) is 6.83. The van der Waals surface area contributed by atoms with Crippen LogP contribution in [0, 0.1) is 0 Å². The molecule has 4 N–H and O–H groups in total. The Balaban J connectivity index is 2.05. The summed E-state index contributed by atoms with van der Waals surface area (Å²) in [4.78, 5) is 14.9. The molecule has 6 heteroatoms. The van der Waals surface area contributed by atoms with Crippen LogP contribution in [0.3, 0.4) is 0 Å². The summed E-state index contributed by atoms with van der Waals surface area (Å²) >= 11 is 1.35. The van der Waals surface area contributed by atoms with E-state index in [-0.39, 0.29) is 22.8 Å². The molecule has 0 spiro atoms. The van der Waals surface area contributed by atoms with E-state index in [1.54, 1.807) is 18.2 Å². The Morgan fingerprint density at radius 2 is 1.70 bits per heavy atom. The van der Waals surface area contributed by atoms with Crippen molar-refractivity contribution in [2.45, 2.75) is 0 Å². The SMILES string of the molecule is O=c1[nH]c2cc(-c3ccc(O)c(O)c3)c(O)cc2c2ccsc12. The Bertz CT molecular complexity index is 1130. The number of pyridine rings is 1. The van der Waals surface area contributed by atoms with Gasteiger partial charge in [0.05, 0.1) is 0 Å². The molecule has 0 aliphatic heterocycles. The number of fused-ring (bicyclic) bond motifs is 3. The van der Waals surface area contributed by atoms with E-state index in [1.165, 1.54) is 23.5 Å². The second-order valence-electron chi connectivity index (χ2n) is 5.24. The molecule has 23 heavy (non-hydrogen) atoms. The highest BCUT2D eigenvalue weighted by atomic mass is 32.1. The average molecular weight is 325 g/mol. The lowest BCUT2D eigenvalue weighted by molar-refractivity contribution is 0.404. The third-order valence-electron chi connectivity index (χ3n) is 3.83. The quantitative estimate of drug-likeness (QED) is 0.403. The van der Waals surface area contributed by atoms with Crippen LogP contribution in [0.4, 0.5) is 0 Å². The first-order valence-corrected chi connectivity index (χ1v) is 7.71. The van der Waals surface area contributed by atoms with Gasteiger partial charge < -0.3 is 20.3 Å². The number of aromatic nitrogens is 1. The fourth-order valence-corrected chi connectivity index (χ4v) is 3.52. The number of thiophene rings is 1. The van der Waals surface area contributed by atoms with Crippen molar-refractivity contribution in [1.29, 1.82) is 0 Å². The van der Waals surface area contributed by atoms with Crippen LogP contribution in [0.2, 0.25) is 0 Å². The summed E-state index contributed by atoms with van der Waals surface area (Å²) in [6, 6.07) is 9.39. The van der Waals surface area contributed by atoms with E-state index in [9.17, 15) is 20.1 Å². The van der Waals surface area contributed by atoms with Crippen molar-refractivity contribution in [2.75, 3.05) is 0 Å². The minimum atomic E-state index is -0.274. The van der Waals surface area contributed by atoms with Crippen LogP contribution in [0.5, 0.6) is 17.2 Å². The highest BCUT2D eigenvalue weighted by Gasteiger charge is 2.13. The van der Waals surface area contributed by atoms with Crippen LogP contribution in [0.25, 0.3) is 32.1 Å². The minimum Gasteiger partial charge on any atom is -0.507 e. The minimum absolute atomic E-state index is 0.0298. The van der Waals surface area contributed by atoms with E-state index in [2.05, 4.69) is 4.98 Å². The number of nitrogens with one attached hydrogen (secondary N) is 1. The molecule has 0 saturated carbocycles. The third-order valence-corrected chi connectivity index (χ3v) is 4.75. The monoisotopic (exact) mass is 325 g/mol. The second-order valence-corrected chi connectivity index (χ2v) is 6.15. The average Bonchev–Trinajstić information content (AvgIpc) is 3.01. The zero-order valence-corrected chi connectivity index (χ0v) is 12.5. The van der Waals surface area contributed by atoms with E-state index in [0.29, 0.717) is 21.3 Å². The van der Waals surface area contributed by atoms with Crippen LogP contribution in [0.1, 0.15) is 0 Å². The van der Waals surface area contributed by atoms with Crippen molar-refractivity contribution >= 4 is 32.3 Å². The Morgan fingerprint density at radius 3 is 2.48 bits per heavy atom. The van der Waals surface area contributed by atoms with Gasteiger partial charge in [-0.05, 0) is 41.3 Å². The molecule has 0 aliphatic rings. The summed E-state index contributed by atoms with van der Waals surface area (Å²) in [6.07, 6.45) is 0. The molecule has 0 amide bonds. The molecule has 114 valence electrons. The van der Waals surface area contributed by atoms with Gasteiger partial charge in [-0.1, -0.05) is 6.07 Å². The zero-order chi connectivity index (χ0) is 16.1. The summed E-state index contributed by atoms with van der Waals surface area (Å²) in [5.74, 6) is -0.478. The van der Waals surface area contributed by atoms with E-state index in [4.69, 9.17) is 0 Å². The number of hydrogen-bond donors (Lipinski definition) is 4. The van der Waals surface area contributed by atoms with Crippen LogP contribution in [-0.4, -0.2) is 20.3 Å². The van der Waals surface area contributed by atoms with Crippen molar-refractivity contribution in [3.63, 3.8) is 0 Å². The molecule has 2 aromatic heterocycles. The van der Waals surface area contributed by atoms with Crippen LogP contribution < -0.4 is 5.56 Å². The summed E-state index contributed by atoms with van der Waals surface area (Å²) in [5.41, 5.74) is 1.41. The number of hydrogen-bond acceptors (Lipinski definition) is 5. The first-order chi connectivity index (χ1) is 11.0. The Morgan fingerprint density at radius 1 is 0.870 bits per heavy atom. The molecule has 0 bridgehead atoms. The molecule has 0 unspecified atom stereocenters. The molecule has 2 heterocycles. The molecule has 2 aromatic carbocycles. The fraction of sp³-hybridized carbons (Fsp3) is 0. The summed E-state index contributed by atoms with van der Waals surface area (Å²) in [6.45, 7) is 0. The second kappa shape index (κ2) is 4.76. The van der Waals surface area contributed by atoms with Crippen molar-refractivity contribution in [3.8, 4) is 28.4 Å². The van der Waals surface area contributed by atoms with E-state index in [1.807, 2.05) is 11.4 Å². The lowest BCUT2D eigenvalue weighted by atomic mass is 10.0. The van der Waals surface area contributed by atoms with E-state index >= 15 is 0 Å². The van der Waals surface area contributed by atoms with Gasteiger partial charge in [0.1, 0.15) is 10.4 Å². The maximum Gasteiger partial charge on any atom is 0.266 e. The Labute approximate surface area is 133 Å². The molecule has 4 rings (SSSR count). The number of benzene rings is 2. The van der Waals surface area contributed by atoms with Crippen molar-refractivity contribution in [2.24, 2.45) is 0 Å². The topological polar surface area (TPSA) is 93.6 Å². The van der Waals surface area contributed by atoms with Crippen LogP contribution >= 0.6 is 11.3 Å². The van der Waals surface area contributed by atoms with E-state index < -0.39 is 0 Å². The number of rotatable bonds is 1. The lowest BCUT2D eigenvalue weighted by Crippen LogP contribution is -2.04. The van der Waals surface area contributed by atoms with Crippen LogP contribution in [0.15, 0.2) is 46.6 Å². The molecule has 0 saturated heterocycles. The molecule has 0 atom stereocenters. The normalized spacial score (nSPS) is 11.3. The number of aromatic amines is 1. The molecule has 0 aliphatic carbocycles. The van der Waals surface area contributed by atoms with Gasteiger partial charge in [0.15, 0.2) is 11.5 Å². The fourth-order valence-electron chi connectivity index (χ4n) is 2.71. The zero-order valence-electron chi connectivity index (χ0n) is 11.7. The number of phenolic OH excluding ortho intramolecular Hbond substituents is 3. The van der Waals surface area contributed by atoms with Gasteiger partial charge in [0.25, 0.3) is 5.56 Å². The van der Waals surface area contributed by atoms with Crippen molar-refractivity contribution < 1.29 is 15.3 Å². The smallest absolute Gasteiger partial charge is 0.266 e. The van der Waals surface area contributed by atoms with Gasteiger partial charge in [0.2, 0.25) is 0 Å².